The molecule has 1 aromatic carbocycles. The molecule has 0 saturated heterocycles. The molecule has 0 aliphatic carbocycles. The lowest BCUT2D eigenvalue weighted by molar-refractivity contribution is -0.00636. The lowest BCUT2D eigenvalue weighted by Crippen LogP contribution is -2.29. The summed E-state index contributed by atoms with van der Waals surface area (Å²) in [5, 5.41) is 19.0. The minimum Gasteiger partial charge on any atom is -0.423 e. The number of anilines is 1. The molecule has 160 valence electrons. The van der Waals surface area contributed by atoms with E-state index in [-0.39, 0.29) is 5.60 Å². The molecule has 8 heteroatoms. The molecule has 3 aromatic rings. The second-order valence-electron chi connectivity index (χ2n) is 8.25. The summed E-state index contributed by atoms with van der Waals surface area (Å²) in [6, 6.07) is 9.34. The number of pyridine rings is 1. The van der Waals surface area contributed by atoms with Crippen LogP contribution in [0.4, 0.5) is 5.82 Å². The molecule has 0 radical (unpaired) electrons. The molecule has 2 heterocycles. The van der Waals surface area contributed by atoms with Crippen LogP contribution in [0.15, 0.2) is 36.5 Å². The fourth-order valence-electron chi connectivity index (χ4n) is 3.45. The van der Waals surface area contributed by atoms with Crippen LogP contribution in [0, 0.1) is 0 Å². The van der Waals surface area contributed by atoms with Crippen molar-refractivity contribution in [3.63, 3.8) is 0 Å². The molecule has 0 bridgehead atoms. The largest absolute Gasteiger partial charge is 0.488 e. The number of nitrogens with zero attached hydrogens (tertiary/aromatic N) is 4. The highest BCUT2D eigenvalue weighted by Crippen LogP contribution is 2.25. The van der Waals surface area contributed by atoms with E-state index >= 15 is 0 Å². The molecule has 3 rings (SSSR count). The summed E-state index contributed by atoms with van der Waals surface area (Å²) >= 11 is 0. The van der Waals surface area contributed by atoms with Crippen molar-refractivity contribution in [2.45, 2.75) is 46.8 Å². The number of rotatable bonds is 8. The molecule has 0 saturated carbocycles. The van der Waals surface area contributed by atoms with Crippen molar-refractivity contribution < 1.29 is 14.8 Å². The van der Waals surface area contributed by atoms with E-state index in [0.717, 1.165) is 35.8 Å². The number of fused-ring (bicyclic) bond motifs is 1. The second-order valence-corrected chi connectivity index (χ2v) is 8.25. The van der Waals surface area contributed by atoms with E-state index in [4.69, 9.17) is 9.72 Å². The third-order valence-electron chi connectivity index (χ3n) is 5.01. The standard InChI is InChI=1S/C22H31BN4O3/c1-6-26(7-2)20-11-8-16(15-24-20)21-25-18-14-17(23(28)29)9-10-19(18)27(21)12-13-30-22(3,4)5/h8-11,14-15,28-29H,6-7,12-13H2,1-5H3. The van der Waals surface area contributed by atoms with E-state index in [0.29, 0.717) is 24.1 Å². The summed E-state index contributed by atoms with van der Waals surface area (Å²) in [6.07, 6.45) is 1.85. The van der Waals surface area contributed by atoms with E-state index in [1.165, 1.54) is 0 Å². The molecule has 0 atom stereocenters. The van der Waals surface area contributed by atoms with Crippen molar-refractivity contribution in [1.29, 1.82) is 0 Å². The van der Waals surface area contributed by atoms with E-state index in [1.807, 2.05) is 45.2 Å². The summed E-state index contributed by atoms with van der Waals surface area (Å²) in [7, 11) is -1.53. The summed E-state index contributed by atoms with van der Waals surface area (Å²) in [5.41, 5.74) is 2.72. The number of ether oxygens (including phenoxy) is 1. The van der Waals surface area contributed by atoms with E-state index < -0.39 is 7.12 Å². The second kappa shape index (κ2) is 9.16. The third kappa shape index (κ3) is 5.01. The summed E-state index contributed by atoms with van der Waals surface area (Å²) in [5.74, 6) is 1.72. The summed E-state index contributed by atoms with van der Waals surface area (Å²) in [6.45, 7) is 13.3. The fraction of sp³-hybridized carbons (Fsp3) is 0.455. The maximum Gasteiger partial charge on any atom is 0.488 e. The van der Waals surface area contributed by atoms with E-state index in [1.54, 1.807) is 12.1 Å². The van der Waals surface area contributed by atoms with Crippen molar-refractivity contribution in [2.24, 2.45) is 0 Å². The zero-order valence-electron chi connectivity index (χ0n) is 18.5. The van der Waals surface area contributed by atoms with Gasteiger partial charge in [0.25, 0.3) is 0 Å². The maximum absolute atomic E-state index is 9.52. The molecule has 0 amide bonds. The normalized spacial score (nSPS) is 11.8. The van der Waals surface area contributed by atoms with Crippen LogP contribution in [0.1, 0.15) is 34.6 Å². The van der Waals surface area contributed by atoms with Gasteiger partial charge in [-0.1, -0.05) is 6.07 Å². The average molecular weight is 410 g/mol. The van der Waals surface area contributed by atoms with Gasteiger partial charge in [0.05, 0.1) is 23.2 Å². The van der Waals surface area contributed by atoms with Crippen LogP contribution >= 0.6 is 0 Å². The quantitative estimate of drug-likeness (QED) is 0.555. The highest BCUT2D eigenvalue weighted by molar-refractivity contribution is 6.58. The van der Waals surface area contributed by atoms with Gasteiger partial charge in [-0.05, 0) is 64.3 Å². The highest BCUT2D eigenvalue weighted by Gasteiger charge is 2.18. The van der Waals surface area contributed by atoms with Gasteiger partial charge in [-0.15, -0.1) is 0 Å². The lowest BCUT2D eigenvalue weighted by Gasteiger charge is -2.21. The third-order valence-corrected chi connectivity index (χ3v) is 5.01. The number of imidazole rings is 1. The molecule has 0 unspecified atom stereocenters. The van der Waals surface area contributed by atoms with Gasteiger partial charge in [0.2, 0.25) is 0 Å². The van der Waals surface area contributed by atoms with Gasteiger partial charge in [-0.3, -0.25) is 0 Å². The minimum atomic E-state index is -1.53. The van der Waals surface area contributed by atoms with Gasteiger partial charge < -0.3 is 24.3 Å². The van der Waals surface area contributed by atoms with E-state index in [9.17, 15) is 10.0 Å². The monoisotopic (exact) mass is 410 g/mol. The van der Waals surface area contributed by atoms with Crippen molar-refractivity contribution in [1.82, 2.24) is 14.5 Å². The van der Waals surface area contributed by atoms with Crippen molar-refractivity contribution in [3.8, 4) is 11.4 Å². The Balaban J connectivity index is 2.01. The Labute approximate surface area is 178 Å². The van der Waals surface area contributed by atoms with Gasteiger partial charge in [0, 0.05) is 31.4 Å². The molecule has 30 heavy (non-hydrogen) atoms. The Hall–Kier alpha value is -2.42. The Kier molecular flexibility index (Phi) is 6.80. The van der Waals surface area contributed by atoms with Crippen LogP contribution in [0.2, 0.25) is 0 Å². The maximum atomic E-state index is 9.52. The zero-order chi connectivity index (χ0) is 21.9. The molecule has 2 aromatic heterocycles. The SMILES string of the molecule is CCN(CC)c1ccc(-c2nc3cc(B(O)O)ccc3n2CCOC(C)(C)C)cn1. The molecule has 0 fully saturated rings. The number of hydrogen-bond donors (Lipinski definition) is 2. The molecule has 0 spiro atoms. The molecular formula is C22H31BN4O3. The highest BCUT2D eigenvalue weighted by atomic mass is 16.5. The van der Waals surface area contributed by atoms with Crippen LogP contribution in [-0.4, -0.2) is 57.0 Å². The molecule has 0 aliphatic heterocycles. The molecule has 2 N–H and O–H groups in total. The lowest BCUT2D eigenvalue weighted by atomic mass is 9.80. The van der Waals surface area contributed by atoms with E-state index in [2.05, 4.69) is 28.3 Å². The van der Waals surface area contributed by atoms with Gasteiger partial charge >= 0.3 is 7.12 Å². The van der Waals surface area contributed by atoms with Crippen LogP contribution < -0.4 is 10.4 Å². The van der Waals surface area contributed by atoms with Gasteiger partial charge in [-0.25, -0.2) is 9.97 Å². The van der Waals surface area contributed by atoms with Crippen LogP contribution in [0.5, 0.6) is 0 Å². The van der Waals surface area contributed by atoms with Gasteiger partial charge in [0.1, 0.15) is 11.6 Å². The Bertz CT molecular complexity index is 976. The van der Waals surface area contributed by atoms with Crippen molar-refractivity contribution in [2.75, 3.05) is 24.6 Å². The Morgan fingerprint density at radius 3 is 2.40 bits per heavy atom. The number of benzene rings is 1. The first kappa shape index (κ1) is 22.3. The number of hydrogen-bond acceptors (Lipinski definition) is 6. The molecule has 0 aliphatic rings. The molecular weight excluding hydrogens is 379 g/mol. The topological polar surface area (TPSA) is 83.6 Å². The van der Waals surface area contributed by atoms with Crippen molar-refractivity contribution >= 4 is 29.4 Å². The Morgan fingerprint density at radius 2 is 1.83 bits per heavy atom. The summed E-state index contributed by atoms with van der Waals surface area (Å²) in [4.78, 5) is 11.6. The predicted molar refractivity (Wildman–Crippen MR) is 122 cm³/mol. The smallest absolute Gasteiger partial charge is 0.423 e. The van der Waals surface area contributed by atoms with Crippen molar-refractivity contribution in [3.05, 3.63) is 36.5 Å². The minimum absolute atomic E-state index is 0.225. The van der Waals surface area contributed by atoms with Gasteiger partial charge in [0.15, 0.2) is 0 Å². The predicted octanol–water partition coefficient (Wildman–Crippen LogP) is 2.44. The summed E-state index contributed by atoms with van der Waals surface area (Å²) < 4.78 is 8.03. The molecule has 7 nitrogen and oxygen atoms in total. The van der Waals surface area contributed by atoms with Gasteiger partial charge in [-0.2, -0.15) is 0 Å². The Morgan fingerprint density at radius 1 is 1.10 bits per heavy atom. The van der Waals surface area contributed by atoms with Crippen LogP contribution in [-0.2, 0) is 11.3 Å². The van der Waals surface area contributed by atoms with Crippen LogP contribution in [0.25, 0.3) is 22.4 Å². The number of aromatic nitrogens is 3. The zero-order valence-corrected chi connectivity index (χ0v) is 18.5. The fourth-order valence-corrected chi connectivity index (χ4v) is 3.45. The first-order valence-electron chi connectivity index (χ1n) is 10.4. The van der Waals surface area contributed by atoms with Crippen LogP contribution in [0.3, 0.4) is 0 Å². The first-order valence-corrected chi connectivity index (χ1v) is 10.4. The first-order chi connectivity index (χ1) is 14.2. The average Bonchev–Trinajstić information content (AvgIpc) is 3.06.